The highest BCUT2D eigenvalue weighted by atomic mass is 19.1. The Morgan fingerprint density at radius 3 is 1.98 bits per heavy atom. The molecule has 2 aromatic carbocycles. The summed E-state index contributed by atoms with van der Waals surface area (Å²) in [4.78, 5) is 129. The smallest absolute Gasteiger partial charge is 0.407 e. The Bertz CT molecular complexity index is 3790. The zero-order chi connectivity index (χ0) is 76.0. The zero-order valence-electron chi connectivity index (χ0n) is 60.4. The van der Waals surface area contributed by atoms with Gasteiger partial charge in [-0.25, -0.2) is 23.8 Å². The second kappa shape index (κ2) is 42.4. The van der Waals surface area contributed by atoms with Gasteiger partial charge in [0.2, 0.25) is 29.5 Å². The van der Waals surface area contributed by atoms with Gasteiger partial charge in [-0.2, -0.15) is 0 Å². The normalized spacial score (nSPS) is 16.8. The number of urea groups is 1. The van der Waals surface area contributed by atoms with Gasteiger partial charge in [0.15, 0.2) is 5.60 Å². The molecule has 2 aromatic heterocycles. The van der Waals surface area contributed by atoms with E-state index in [0.29, 0.717) is 182 Å². The molecule has 35 heteroatoms. The molecule has 1 fully saturated rings. The lowest BCUT2D eigenvalue weighted by Crippen LogP contribution is -2.56. The Morgan fingerprint density at radius 1 is 0.792 bits per heavy atom. The van der Waals surface area contributed by atoms with Crippen molar-refractivity contribution in [3.63, 3.8) is 0 Å². The number of cyclic esters (lactones) is 1. The third kappa shape index (κ3) is 23.5. The van der Waals surface area contributed by atoms with Crippen LogP contribution in [0.3, 0.4) is 0 Å². The number of carbonyl (C=O) groups is 8. The molecule has 106 heavy (non-hydrogen) atoms. The van der Waals surface area contributed by atoms with Gasteiger partial charge in [-0.05, 0) is 104 Å². The van der Waals surface area contributed by atoms with E-state index in [-0.39, 0.29) is 89.5 Å². The van der Waals surface area contributed by atoms with Crippen molar-refractivity contribution in [3.05, 3.63) is 102 Å². The highest BCUT2D eigenvalue weighted by molar-refractivity contribution is 5.99. The number of fused-ring (bicyclic) bond motifs is 5. The average molecular weight is 1490 g/mol. The molecule has 4 aliphatic rings. The average Bonchev–Trinajstić information content (AvgIpc) is 1.49. The number of aromatic nitrogens is 2. The maximum Gasteiger partial charge on any atom is 0.407 e. The first-order valence-corrected chi connectivity index (χ1v) is 35.8. The summed E-state index contributed by atoms with van der Waals surface area (Å²) in [5.74, 6) is -4.64. The van der Waals surface area contributed by atoms with Crippen LogP contribution in [0.4, 0.5) is 19.7 Å². The fraction of sp³-hybridized carbons (Fsp3) is 0.606. The van der Waals surface area contributed by atoms with Crippen molar-refractivity contribution in [1.82, 2.24) is 41.0 Å². The number of benzene rings is 2. The van der Waals surface area contributed by atoms with Crippen LogP contribution in [0.15, 0.2) is 46.3 Å². The Kier molecular flexibility index (Phi) is 33.0. The maximum atomic E-state index is 15.5. The molecule has 8 rings (SSSR count). The Labute approximate surface area is 612 Å². The summed E-state index contributed by atoms with van der Waals surface area (Å²) < 4.78 is 77.1. The minimum absolute atomic E-state index is 0.0131. The summed E-state index contributed by atoms with van der Waals surface area (Å²) in [5.41, 5.74) is 15.6. The van der Waals surface area contributed by atoms with Crippen LogP contribution in [0, 0.1) is 18.7 Å². The number of likely N-dealkylation sites (tertiary alicyclic amines) is 1. The van der Waals surface area contributed by atoms with Crippen molar-refractivity contribution < 1.29 is 100.0 Å². The van der Waals surface area contributed by atoms with Gasteiger partial charge in [0.25, 0.3) is 5.56 Å². The van der Waals surface area contributed by atoms with Crippen molar-refractivity contribution in [1.29, 1.82) is 0 Å². The fourth-order valence-corrected chi connectivity index (χ4v) is 12.7. The van der Waals surface area contributed by atoms with E-state index < -0.39 is 101 Å². The molecule has 4 aromatic rings. The number of pyridine rings is 2. The molecule has 34 nitrogen and oxygen atoms in total. The van der Waals surface area contributed by atoms with Crippen LogP contribution in [-0.4, -0.2) is 230 Å². The highest BCUT2D eigenvalue weighted by Gasteiger charge is 2.46. The van der Waals surface area contributed by atoms with Gasteiger partial charge in [0.05, 0.1) is 161 Å². The SMILES string of the molecule is CC[C@@]1(O)C(=O)OCc2c1cc1n(c2=O)Cc2c-1nc1cc(F)c(C)c3c1c2C(NC(=O)OCc1ccc(NC(=O)[C@@H]2CCCN2C(=O)CNC(=O)[C@H](CCCNC(N)=O)NC(=O)[C@@H](NC(=O)CCOCCOCCOCCOCCOCCOCCOCCOCCOCCN=[N+]=[N-])C(C)C)cc1)CC3. The number of primary amides is 1. The molecular weight excluding hydrogens is 1390 g/mol. The maximum absolute atomic E-state index is 15.5. The van der Waals surface area contributed by atoms with Crippen LogP contribution in [-0.2, 0) is 113 Å². The molecule has 1 saturated heterocycles. The Hall–Kier alpha value is -9.00. The van der Waals surface area contributed by atoms with E-state index in [4.69, 9.17) is 68.4 Å². The fourth-order valence-electron chi connectivity index (χ4n) is 12.7. The van der Waals surface area contributed by atoms with Crippen LogP contribution < -0.4 is 43.2 Å². The van der Waals surface area contributed by atoms with Gasteiger partial charge < -0.3 is 104 Å². The number of alkyl carbamates (subject to hydrolysis) is 1. The van der Waals surface area contributed by atoms with Gasteiger partial charge in [-0.15, -0.1) is 0 Å². The molecule has 5 heterocycles. The largest absolute Gasteiger partial charge is 0.458 e. The molecule has 3 aliphatic heterocycles. The number of carbonyl (C=O) groups excluding carboxylic acids is 8. The molecule has 0 radical (unpaired) electrons. The van der Waals surface area contributed by atoms with Crippen molar-refractivity contribution >= 4 is 64.2 Å². The van der Waals surface area contributed by atoms with E-state index in [2.05, 4.69) is 41.9 Å². The number of aliphatic hydroxyl groups is 1. The molecule has 0 spiro atoms. The number of nitrogens with zero attached hydrogens (tertiary/aromatic N) is 6. The third-order valence-electron chi connectivity index (χ3n) is 18.3. The number of nitrogens with two attached hydrogens (primary N) is 1. The van der Waals surface area contributed by atoms with Crippen LogP contribution in [0.1, 0.15) is 111 Å². The van der Waals surface area contributed by atoms with Gasteiger partial charge >= 0.3 is 18.1 Å². The topological polar surface area (TPSA) is 443 Å². The van der Waals surface area contributed by atoms with Gasteiger partial charge in [0.1, 0.15) is 37.2 Å². The van der Waals surface area contributed by atoms with E-state index in [1.807, 2.05) is 0 Å². The van der Waals surface area contributed by atoms with Crippen molar-refractivity contribution in [2.45, 2.75) is 129 Å². The molecule has 0 saturated carbocycles. The van der Waals surface area contributed by atoms with Crippen molar-refractivity contribution in [3.8, 4) is 11.4 Å². The lowest BCUT2D eigenvalue weighted by atomic mass is 9.81. The minimum Gasteiger partial charge on any atom is -0.458 e. The molecule has 8 amide bonds. The number of ether oxygens (including phenoxy) is 11. The van der Waals surface area contributed by atoms with E-state index in [1.54, 1.807) is 58.0 Å². The molecule has 580 valence electrons. The van der Waals surface area contributed by atoms with E-state index >= 15 is 4.39 Å². The third-order valence-corrected chi connectivity index (χ3v) is 18.3. The number of azide groups is 1. The molecule has 1 unspecified atom stereocenters. The summed E-state index contributed by atoms with van der Waals surface area (Å²) in [6.07, 6.45) is 0.929. The Balaban J connectivity index is 0.704. The monoisotopic (exact) mass is 1490 g/mol. The van der Waals surface area contributed by atoms with Crippen LogP contribution in [0.2, 0.25) is 0 Å². The number of amides is 8. The number of halogens is 1. The van der Waals surface area contributed by atoms with E-state index in [1.165, 1.54) is 15.5 Å². The number of nitrogens with one attached hydrogen (secondary N) is 6. The number of hydrogen-bond donors (Lipinski definition) is 8. The van der Waals surface area contributed by atoms with Gasteiger partial charge in [0, 0.05) is 59.2 Å². The van der Waals surface area contributed by atoms with E-state index in [9.17, 15) is 48.3 Å². The number of aryl methyl sites for hydroxylation is 1. The van der Waals surface area contributed by atoms with Crippen LogP contribution in [0.25, 0.3) is 32.7 Å². The number of rotatable bonds is 47. The predicted molar refractivity (Wildman–Crippen MR) is 378 cm³/mol. The Morgan fingerprint density at radius 2 is 1.40 bits per heavy atom. The summed E-state index contributed by atoms with van der Waals surface area (Å²) in [7, 11) is 0. The molecule has 9 N–H and O–H groups in total. The highest BCUT2D eigenvalue weighted by Crippen LogP contribution is 2.46. The van der Waals surface area contributed by atoms with Crippen molar-refractivity contribution in [2.75, 3.05) is 150 Å². The summed E-state index contributed by atoms with van der Waals surface area (Å²) in [5, 5.41) is 31.8. The van der Waals surface area contributed by atoms with Crippen LogP contribution in [0.5, 0.6) is 0 Å². The first-order valence-electron chi connectivity index (χ1n) is 35.8. The summed E-state index contributed by atoms with van der Waals surface area (Å²) >= 11 is 0. The molecule has 5 atom stereocenters. The second-order valence-corrected chi connectivity index (χ2v) is 25.8. The van der Waals surface area contributed by atoms with E-state index in [0.717, 1.165) is 5.56 Å². The zero-order valence-corrected chi connectivity index (χ0v) is 60.4. The molecule has 0 bridgehead atoms. The quantitative estimate of drug-likeness (QED) is 0.00909. The minimum atomic E-state index is -2.06. The number of hydrogen-bond acceptors (Lipinski definition) is 23. The summed E-state index contributed by atoms with van der Waals surface area (Å²) in [6, 6.07) is 4.84. The lowest BCUT2D eigenvalue weighted by molar-refractivity contribution is -0.172. The summed E-state index contributed by atoms with van der Waals surface area (Å²) in [6.45, 7) is 12.8. The second-order valence-electron chi connectivity index (χ2n) is 25.8. The molecule has 1 aliphatic carbocycles. The predicted octanol–water partition coefficient (Wildman–Crippen LogP) is 3.41. The first-order chi connectivity index (χ1) is 51.2. The number of esters is 1. The lowest BCUT2D eigenvalue weighted by Gasteiger charge is -2.31. The van der Waals surface area contributed by atoms with Gasteiger partial charge in [-0.1, -0.05) is 38.0 Å². The first kappa shape index (κ1) is 82.7. The van der Waals surface area contributed by atoms with Crippen LogP contribution >= 0.6 is 0 Å². The molecular formula is C71H98FN13O21. The number of anilines is 1. The van der Waals surface area contributed by atoms with Gasteiger partial charge in [-0.3, -0.25) is 28.8 Å². The van der Waals surface area contributed by atoms with Crippen molar-refractivity contribution in [2.24, 2.45) is 16.8 Å². The standard InChI is InChI=1S/C71H98FN13O21/c1-5-71(95)51-38-57-63-49(41-85(57)67(91)50(51)43-105-68(71)92)61-53(15-14-48-45(4)52(72)39-55(79-63)60(48)61)81-70(94)106-42-46-10-12-47(13-11-46)78-65(89)56-9-7-19-84(56)59(87)40-76-64(88)54(8-6-17-75-69(73)93)80-66(90)62(44(2)3)82-58(86)16-20-96-22-24-98-26-28-100-30-32-102-34-36-104-37-35-103-33-31-101-29-27-99-25-23-97-21-18-77-83-74/h10-13,38-39,44,53-54,56,62,95H,5-9,14-37,40-43H2,1-4H3,(H,76,88)(H,78,89)(H,80,90)(H,81,94)(H,82,86)(H3,73,75,93)/t53?,54-,56-,62-,71-/m0/s1.